The molecule has 1 aromatic heterocycles. The summed E-state index contributed by atoms with van der Waals surface area (Å²) in [5.74, 6) is 0. The SMILES string of the molecule is c1ccc(-c2ccc3c(c2)c2cc(Nc4c(-c5ccccc5)cccc4-c4ccccc4)ccc2n3-c2ccccc2)cc1. The van der Waals surface area contributed by atoms with Gasteiger partial charge in [-0.3, -0.25) is 0 Å². The number of benzene rings is 7. The molecule has 1 heterocycles. The van der Waals surface area contributed by atoms with Crippen molar-refractivity contribution in [1.29, 1.82) is 0 Å². The number of rotatable bonds is 6. The number of aromatic nitrogens is 1. The van der Waals surface area contributed by atoms with Crippen molar-refractivity contribution in [3.8, 4) is 39.1 Å². The molecule has 0 amide bonds. The number of anilines is 2. The fourth-order valence-electron chi connectivity index (χ4n) is 6.31. The summed E-state index contributed by atoms with van der Waals surface area (Å²) in [6.07, 6.45) is 0. The highest BCUT2D eigenvalue weighted by molar-refractivity contribution is 6.11. The minimum atomic E-state index is 1.05. The van der Waals surface area contributed by atoms with Gasteiger partial charge in [-0.05, 0) is 64.7 Å². The predicted octanol–water partition coefficient (Wildman–Crippen LogP) is 11.5. The molecule has 208 valence electrons. The van der Waals surface area contributed by atoms with Crippen LogP contribution in [0.5, 0.6) is 0 Å². The van der Waals surface area contributed by atoms with Gasteiger partial charge in [0.1, 0.15) is 0 Å². The van der Waals surface area contributed by atoms with Crippen LogP contribution in [0, 0.1) is 0 Å². The van der Waals surface area contributed by atoms with Crippen LogP contribution in [-0.2, 0) is 0 Å². The Morgan fingerprint density at radius 1 is 0.364 bits per heavy atom. The fraction of sp³-hybridized carbons (Fsp3) is 0. The molecule has 44 heavy (non-hydrogen) atoms. The van der Waals surface area contributed by atoms with Gasteiger partial charge >= 0.3 is 0 Å². The monoisotopic (exact) mass is 562 g/mol. The van der Waals surface area contributed by atoms with E-state index in [-0.39, 0.29) is 0 Å². The lowest BCUT2D eigenvalue weighted by Gasteiger charge is -2.18. The summed E-state index contributed by atoms with van der Waals surface area (Å²) in [4.78, 5) is 0. The van der Waals surface area contributed by atoms with Crippen LogP contribution >= 0.6 is 0 Å². The molecule has 8 rings (SSSR count). The summed E-state index contributed by atoms with van der Waals surface area (Å²) in [6.45, 7) is 0. The van der Waals surface area contributed by atoms with E-state index in [4.69, 9.17) is 0 Å². The number of hydrogen-bond acceptors (Lipinski definition) is 1. The van der Waals surface area contributed by atoms with Crippen molar-refractivity contribution in [2.75, 3.05) is 5.32 Å². The average molecular weight is 563 g/mol. The Morgan fingerprint density at radius 2 is 0.864 bits per heavy atom. The number of nitrogens with zero attached hydrogens (tertiary/aromatic N) is 1. The molecule has 0 aliphatic carbocycles. The van der Waals surface area contributed by atoms with E-state index in [0.29, 0.717) is 0 Å². The maximum absolute atomic E-state index is 3.88. The summed E-state index contributed by atoms with van der Waals surface area (Å²) in [6, 6.07) is 62.7. The highest BCUT2D eigenvalue weighted by atomic mass is 15.0. The van der Waals surface area contributed by atoms with Crippen LogP contribution < -0.4 is 5.32 Å². The van der Waals surface area contributed by atoms with Crippen LogP contribution in [0.1, 0.15) is 0 Å². The van der Waals surface area contributed by atoms with Gasteiger partial charge in [-0.15, -0.1) is 0 Å². The van der Waals surface area contributed by atoms with Crippen molar-refractivity contribution in [3.05, 3.63) is 176 Å². The smallest absolute Gasteiger partial charge is 0.0543 e. The van der Waals surface area contributed by atoms with E-state index in [1.54, 1.807) is 0 Å². The van der Waals surface area contributed by atoms with Crippen LogP contribution in [0.4, 0.5) is 11.4 Å². The number of para-hydroxylation sites is 2. The highest BCUT2D eigenvalue weighted by Crippen LogP contribution is 2.41. The van der Waals surface area contributed by atoms with Crippen LogP contribution in [0.2, 0.25) is 0 Å². The van der Waals surface area contributed by atoms with Gasteiger partial charge in [-0.2, -0.15) is 0 Å². The number of hydrogen-bond donors (Lipinski definition) is 1. The molecule has 0 saturated carbocycles. The Kier molecular flexibility index (Phi) is 6.51. The molecule has 1 N–H and O–H groups in total. The van der Waals surface area contributed by atoms with E-state index < -0.39 is 0 Å². The quantitative estimate of drug-likeness (QED) is 0.213. The Balaban J connectivity index is 1.34. The first-order chi connectivity index (χ1) is 21.8. The Bertz CT molecular complexity index is 2160. The van der Waals surface area contributed by atoms with E-state index in [2.05, 4.69) is 186 Å². The summed E-state index contributed by atoms with van der Waals surface area (Å²) < 4.78 is 2.37. The van der Waals surface area contributed by atoms with E-state index >= 15 is 0 Å². The topological polar surface area (TPSA) is 17.0 Å². The van der Waals surface area contributed by atoms with Gasteiger partial charge in [-0.25, -0.2) is 0 Å². The predicted molar refractivity (Wildman–Crippen MR) is 187 cm³/mol. The molecule has 0 aliphatic heterocycles. The van der Waals surface area contributed by atoms with Crippen molar-refractivity contribution in [2.24, 2.45) is 0 Å². The van der Waals surface area contributed by atoms with Crippen molar-refractivity contribution in [3.63, 3.8) is 0 Å². The zero-order valence-corrected chi connectivity index (χ0v) is 24.2. The van der Waals surface area contributed by atoms with Crippen LogP contribution in [0.3, 0.4) is 0 Å². The van der Waals surface area contributed by atoms with Crippen LogP contribution in [0.25, 0.3) is 60.9 Å². The van der Waals surface area contributed by atoms with Crippen molar-refractivity contribution in [2.45, 2.75) is 0 Å². The Hall–Kier alpha value is -5.86. The third-order valence-corrected chi connectivity index (χ3v) is 8.39. The second-order valence-corrected chi connectivity index (χ2v) is 11.1. The molecule has 0 saturated heterocycles. The average Bonchev–Trinajstić information content (AvgIpc) is 3.43. The van der Waals surface area contributed by atoms with Crippen molar-refractivity contribution >= 4 is 33.2 Å². The highest BCUT2D eigenvalue weighted by Gasteiger charge is 2.16. The molecule has 0 unspecified atom stereocenters. The second kappa shape index (κ2) is 11.1. The summed E-state index contributed by atoms with van der Waals surface area (Å²) >= 11 is 0. The molecule has 7 aromatic carbocycles. The van der Waals surface area contributed by atoms with Gasteiger partial charge in [0.05, 0.1) is 16.7 Å². The summed E-state index contributed by atoms with van der Waals surface area (Å²) in [5, 5.41) is 6.32. The molecular weight excluding hydrogens is 532 g/mol. The van der Waals surface area contributed by atoms with Crippen molar-refractivity contribution < 1.29 is 0 Å². The number of nitrogens with one attached hydrogen (secondary N) is 1. The lowest BCUT2D eigenvalue weighted by Crippen LogP contribution is -1.97. The van der Waals surface area contributed by atoms with Gasteiger partial charge in [0.2, 0.25) is 0 Å². The second-order valence-electron chi connectivity index (χ2n) is 11.1. The lowest BCUT2D eigenvalue weighted by molar-refractivity contribution is 1.18. The molecule has 0 bridgehead atoms. The van der Waals surface area contributed by atoms with Gasteiger partial charge in [0.15, 0.2) is 0 Å². The fourth-order valence-corrected chi connectivity index (χ4v) is 6.31. The van der Waals surface area contributed by atoms with Gasteiger partial charge in [0.25, 0.3) is 0 Å². The molecule has 0 aliphatic rings. The molecular formula is C42H30N2. The third-order valence-electron chi connectivity index (χ3n) is 8.39. The largest absolute Gasteiger partial charge is 0.354 e. The first-order valence-electron chi connectivity index (χ1n) is 15.0. The zero-order chi connectivity index (χ0) is 29.3. The van der Waals surface area contributed by atoms with Gasteiger partial charge in [0, 0.05) is 33.3 Å². The molecule has 0 fully saturated rings. The number of fused-ring (bicyclic) bond motifs is 3. The zero-order valence-electron chi connectivity index (χ0n) is 24.2. The van der Waals surface area contributed by atoms with Crippen LogP contribution in [0.15, 0.2) is 176 Å². The molecule has 2 heteroatoms. The molecule has 2 nitrogen and oxygen atoms in total. The van der Waals surface area contributed by atoms with Gasteiger partial charge < -0.3 is 9.88 Å². The van der Waals surface area contributed by atoms with E-state index in [1.807, 2.05) is 0 Å². The summed E-state index contributed by atoms with van der Waals surface area (Å²) in [5.41, 5.74) is 12.8. The molecule has 0 atom stereocenters. The summed E-state index contributed by atoms with van der Waals surface area (Å²) in [7, 11) is 0. The van der Waals surface area contributed by atoms with E-state index in [9.17, 15) is 0 Å². The molecule has 0 radical (unpaired) electrons. The Labute approximate surface area is 257 Å². The molecule has 8 aromatic rings. The van der Waals surface area contributed by atoms with E-state index in [0.717, 1.165) is 17.1 Å². The minimum absolute atomic E-state index is 1.05. The van der Waals surface area contributed by atoms with Crippen molar-refractivity contribution in [1.82, 2.24) is 4.57 Å². The third kappa shape index (κ3) is 4.63. The normalized spacial score (nSPS) is 11.2. The van der Waals surface area contributed by atoms with E-state index in [1.165, 1.54) is 55.2 Å². The lowest BCUT2D eigenvalue weighted by atomic mass is 9.95. The molecule has 0 spiro atoms. The standard InChI is InChI=1S/C42H30N2/c1-5-14-30(15-6-1)33-24-26-40-38(28-33)39-29-34(25-27-41(39)44(40)35-20-11-4-12-21-35)43-42-36(31-16-7-2-8-17-31)22-13-23-37(42)32-18-9-3-10-19-32/h1-29,43H. The first-order valence-corrected chi connectivity index (χ1v) is 15.0. The van der Waals surface area contributed by atoms with Gasteiger partial charge in [-0.1, -0.05) is 133 Å². The maximum atomic E-state index is 3.88. The minimum Gasteiger partial charge on any atom is -0.354 e. The van der Waals surface area contributed by atoms with Crippen LogP contribution in [-0.4, -0.2) is 4.57 Å². The Morgan fingerprint density at radius 3 is 1.45 bits per heavy atom. The maximum Gasteiger partial charge on any atom is 0.0543 e. The first kappa shape index (κ1) is 25.8.